The third-order valence-corrected chi connectivity index (χ3v) is 3.47. The van der Waals surface area contributed by atoms with Gasteiger partial charge in [-0.2, -0.15) is 0 Å². The van der Waals surface area contributed by atoms with Crippen LogP contribution in [0.25, 0.3) is 0 Å². The largest absolute Gasteiger partial charge is 0.494 e. The lowest BCUT2D eigenvalue weighted by Gasteiger charge is -2.21. The molecule has 0 saturated heterocycles. The van der Waals surface area contributed by atoms with Gasteiger partial charge in [0.2, 0.25) is 0 Å². The van der Waals surface area contributed by atoms with E-state index >= 15 is 0 Å². The van der Waals surface area contributed by atoms with Gasteiger partial charge in [-0.15, -0.1) is 10.2 Å². The highest BCUT2D eigenvalue weighted by Crippen LogP contribution is 2.14. The van der Waals surface area contributed by atoms with Crippen LogP contribution >= 0.6 is 0 Å². The molecule has 7 heteroatoms. The molecule has 0 aliphatic rings. The van der Waals surface area contributed by atoms with Crippen LogP contribution in [0.4, 0.5) is 4.79 Å². The van der Waals surface area contributed by atoms with Crippen LogP contribution in [-0.4, -0.2) is 39.4 Å². The Hall–Kier alpha value is -2.57. The summed E-state index contributed by atoms with van der Waals surface area (Å²) in [6, 6.07) is 7.37. The molecule has 1 atom stereocenters. The van der Waals surface area contributed by atoms with E-state index < -0.39 is 0 Å². The Bertz CT molecular complexity index is 638. The van der Waals surface area contributed by atoms with Gasteiger partial charge >= 0.3 is 6.03 Å². The highest BCUT2D eigenvalue weighted by molar-refractivity contribution is 5.74. The van der Waals surface area contributed by atoms with Crippen molar-refractivity contribution in [2.45, 2.75) is 26.4 Å². The zero-order valence-electron chi connectivity index (χ0n) is 14.0. The van der Waals surface area contributed by atoms with Crippen molar-refractivity contribution in [1.82, 2.24) is 25.0 Å². The van der Waals surface area contributed by atoms with Crippen LogP contribution in [-0.2, 0) is 13.6 Å². The number of aryl methyl sites for hydroxylation is 1. The maximum Gasteiger partial charge on any atom is 0.318 e. The van der Waals surface area contributed by atoms with Crippen molar-refractivity contribution in [2.24, 2.45) is 7.05 Å². The fraction of sp³-hybridized carbons (Fsp3) is 0.438. The molecule has 2 amide bonds. The van der Waals surface area contributed by atoms with E-state index in [1.54, 1.807) is 22.8 Å². The van der Waals surface area contributed by atoms with Gasteiger partial charge in [0.05, 0.1) is 12.6 Å². The Morgan fingerprint density at radius 1 is 1.39 bits per heavy atom. The molecule has 2 aromatic rings. The van der Waals surface area contributed by atoms with E-state index in [0.29, 0.717) is 19.0 Å². The van der Waals surface area contributed by atoms with Crippen LogP contribution in [0.2, 0.25) is 0 Å². The number of nitrogens with one attached hydrogen (secondary N) is 1. The third-order valence-electron chi connectivity index (χ3n) is 3.47. The predicted octanol–water partition coefficient (Wildman–Crippen LogP) is 2.12. The summed E-state index contributed by atoms with van der Waals surface area (Å²) in [6.45, 7) is 4.99. The maximum atomic E-state index is 12.3. The minimum atomic E-state index is -0.210. The molecule has 0 bridgehead atoms. The molecule has 1 aromatic heterocycles. The Kier molecular flexibility index (Phi) is 5.56. The Morgan fingerprint density at radius 2 is 2.09 bits per heavy atom. The Balaban J connectivity index is 1.90. The second kappa shape index (κ2) is 7.62. The maximum absolute atomic E-state index is 12.3. The van der Waals surface area contributed by atoms with Crippen molar-refractivity contribution >= 4 is 6.03 Å². The van der Waals surface area contributed by atoms with Gasteiger partial charge in [0.1, 0.15) is 12.1 Å². The molecule has 0 radical (unpaired) electrons. The number of carbonyl (C=O) groups excluding carboxylic acids is 1. The highest BCUT2D eigenvalue weighted by Gasteiger charge is 2.16. The molecule has 0 unspecified atom stereocenters. The molecular formula is C16H23N5O2. The molecule has 2 rings (SSSR count). The van der Waals surface area contributed by atoms with Gasteiger partial charge in [-0.25, -0.2) is 4.79 Å². The second-order valence-electron chi connectivity index (χ2n) is 5.40. The summed E-state index contributed by atoms with van der Waals surface area (Å²) in [5.41, 5.74) is 1.04. The van der Waals surface area contributed by atoms with E-state index in [2.05, 4.69) is 15.5 Å². The number of hydrogen-bond acceptors (Lipinski definition) is 4. The third kappa shape index (κ3) is 4.45. The van der Waals surface area contributed by atoms with Crippen LogP contribution in [0.15, 0.2) is 30.6 Å². The number of hydrogen-bond donors (Lipinski definition) is 1. The quantitative estimate of drug-likeness (QED) is 0.886. The molecule has 124 valence electrons. The molecule has 7 nitrogen and oxygen atoms in total. The second-order valence-corrected chi connectivity index (χ2v) is 5.40. The van der Waals surface area contributed by atoms with Gasteiger partial charge in [0, 0.05) is 20.6 Å². The van der Waals surface area contributed by atoms with E-state index in [4.69, 9.17) is 4.74 Å². The van der Waals surface area contributed by atoms with Crippen molar-refractivity contribution in [3.63, 3.8) is 0 Å². The molecule has 1 N–H and O–H groups in total. The van der Waals surface area contributed by atoms with Gasteiger partial charge < -0.3 is 19.5 Å². The standard InChI is InChI=1S/C16H23N5O2/c1-5-23-14-8-6-13(7-9-14)10-20(3)16(22)18-12(2)15-19-17-11-21(15)4/h6-9,11-12H,5,10H2,1-4H3,(H,18,22)/t12-/m1/s1. The molecule has 1 aromatic carbocycles. The van der Waals surface area contributed by atoms with Crippen molar-refractivity contribution in [2.75, 3.05) is 13.7 Å². The van der Waals surface area contributed by atoms with Crippen molar-refractivity contribution in [1.29, 1.82) is 0 Å². The fourth-order valence-corrected chi connectivity index (χ4v) is 2.25. The summed E-state index contributed by atoms with van der Waals surface area (Å²) in [5, 5.41) is 10.7. The summed E-state index contributed by atoms with van der Waals surface area (Å²) in [6.07, 6.45) is 1.61. The number of ether oxygens (including phenoxy) is 1. The van der Waals surface area contributed by atoms with Crippen LogP contribution in [0, 0.1) is 0 Å². The normalized spacial score (nSPS) is 11.8. The minimum Gasteiger partial charge on any atom is -0.494 e. The van der Waals surface area contributed by atoms with Gasteiger partial charge in [-0.1, -0.05) is 12.1 Å². The van der Waals surface area contributed by atoms with Gasteiger partial charge in [-0.05, 0) is 31.5 Å². The van der Waals surface area contributed by atoms with E-state index in [1.807, 2.05) is 45.2 Å². The summed E-state index contributed by atoms with van der Waals surface area (Å²) in [7, 11) is 3.61. The number of urea groups is 1. The number of benzene rings is 1. The minimum absolute atomic E-state index is 0.158. The van der Waals surface area contributed by atoms with E-state index in [0.717, 1.165) is 11.3 Å². The number of aromatic nitrogens is 3. The van der Waals surface area contributed by atoms with Crippen LogP contribution < -0.4 is 10.1 Å². The first kappa shape index (κ1) is 16.8. The summed E-state index contributed by atoms with van der Waals surface area (Å²) < 4.78 is 7.20. The SMILES string of the molecule is CCOc1ccc(CN(C)C(=O)N[C@H](C)c2nncn2C)cc1. The molecule has 23 heavy (non-hydrogen) atoms. The average Bonchev–Trinajstić information content (AvgIpc) is 2.95. The van der Waals surface area contributed by atoms with Gasteiger partial charge in [0.15, 0.2) is 5.82 Å². The van der Waals surface area contributed by atoms with E-state index in [1.165, 1.54) is 0 Å². The van der Waals surface area contributed by atoms with Gasteiger partial charge in [0.25, 0.3) is 0 Å². The van der Waals surface area contributed by atoms with Crippen molar-refractivity contribution < 1.29 is 9.53 Å². The van der Waals surface area contributed by atoms with Gasteiger partial charge in [-0.3, -0.25) is 0 Å². The zero-order valence-corrected chi connectivity index (χ0v) is 14.0. The Labute approximate surface area is 136 Å². The fourth-order valence-electron chi connectivity index (χ4n) is 2.25. The first-order valence-corrected chi connectivity index (χ1v) is 7.58. The molecular weight excluding hydrogens is 294 g/mol. The molecule has 0 spiro atoms. The van der Waals surface area contributed by atoms with Crippen molar-refractivity contribution in [3.8, 4) is 5.75 Å². The average molecular weight is 317 g/mol. The highest BCUT2D eigenvalue weighted by atomic mass is 16.5. The molecule has 0 fully saturated rings. The lowest BCUT2D eigenvalue weighted by atomic mass is 10.2. The van der Waals surface area contributed by atoms with E-state index in [9.17, 15) is 4.79 Å². The van der Waals surface area contributed by atoms with Crippen LogP contribution in [0.3, 0.4) is 0 Å². The zero-order chi connectivity index (χ0) is 16.8. The molecule has 0 aliphatic heterocycles. The summed E-state index contributed by atoms with van der Waals surface area (Å²) in [4.78, 5) is 13.9. The first-order chi connectivity index (χ1) is 11.0. The van der Waals surface area contributed by atoms with Crippen molar-refractivity contribution in [3.05, 3.63) is 42.0 Å². The smallest absolute Gasteiger partial charge is 0.318 e. The lowest BCUT2D eigenvalue weighted by Crippen LogP contribution is -2.38. The van der Waals surface area contributed by atoms with Crippen LogP contribution in [0.1, 0.15) is 31.3 Å². The topological polar surface area (TPSA) is 72.3 Å². The number of carbonyl (C=O) groups is 1. The first-order valence-electron chi connectivity index (χ1n) is 7.58. The molecule has 1 heterocycles. The predicted molar refractivity (Wildman–Crippen MR) is 87.0 cm³/mol. The lowest BCUT2D eigenvalue weighted by molar-refractivity contribution is 0.203. The van der Waals surface area contributed by atoms with E-state index in [-0.39, 0.29) is 12.1 Å². The number of amides is 2. The number of nitrogens with zero attached hydrogens (tertiary/aromatic N) is 4. The Morgan fingerprint density at radius 3 is 2.65 bits per heavy atom. The summed E-state index contributed by atoms with van der Waals surface area (Å²) >= 11 is 0. The summed E-state index contributed by atoms with van der Waals surface area (Å²) in [5.74, 6) is 1.55. The molecule has 0 aliphatic carbocycles. The molecule has 0 saturated carbocycles. The van der Waals surface area contributed by atoms with Crippen LogP contribution in [0.5, 0.6) is 5.75 Å². The monoisotopic (exact) mass is 317 g/mol. The number of rotatable bonds is 6.